The van der Waals surface area contributed by atoms with Gasteiger partial charge < -0.3 is 0 Å². The fourth-order valence-electron chi connectivity index (χ4n) is 6.57. The van der Waals surface area contributed by atoms with E-state index >= 15 is 0 Å². The first-order chi connectivity index (χ1) is 21.0. The molecule has 0 fully saturated rings. The van der Waals surface area contributed by atoms with Crippen LogP contribution in [0.5, 0.6) is 0 Å². The molecule has 206 valence electrons. The molecule has 8 rings (SSSR count). The van der Waals surface area contributed by atoms with Crippen molar-refractivity contribution in [2.75, 3.05) is 0 Å². The van der Waals surface area contributed by atoms with E-state index in [0.717, 1.165) is 41.5 Å². The first-order valence-corrected chi connectivity index (χ1v) is 16.4. The zero-order valence-electron chi connectivity index (χ0n) is 24.3. The van der Waals surface area contributed by atoms with Crippen LogP contribution in [0.25, 0.3) is 69.0 Å². The average Bonchev–Trinajstić information content (AvgIpc) is 3.38. The number of benzene rings is 6. The van der Waals surface area contributed by atoms with Gasteiger partial charge in [-0.15, -0.1) is 0 Å². The molecule has 0 unspecified atom stereocenters. The van der Waals surface area contributed by atoms with Gasteiger partial charge in [-0.3, -0.25) is 0 Å². The van der Waals surface area contributed by atoms with Crippen LogP contribution >= 0.6 is 0 Å². The van der Waals surface area contributed by atoms with Crippen LogP contribution in [-0.4, -0.2) is 19.1 Å². The van der Waals surface area contributed by atoms with Crippen LogP contribution in [0.3, 0.4) is 0 Å². The topological polar surface area (TPSA) is 22.0 Å². The van der Waals surface area contributed by atoms with Gasteiger partial charge in [-0.1, -0.05) is 0 Å². The van der Waals surface area contributed by atoms with Crippen LogP contribution in [0.15, 0.2) is 126 Å². The first kappa shape index (κ1) is 26.0. The number of hydrogen-bond donors (Lipinski definition) is 0. The number of aryl methyl sites for hydroxylation is 3. The van der Waals surface area contributed by atoms with E-state index in [2.05, 4.69) is 122 Å². The van der Waals surface area contributed by atoms with Gasteiger partial charge >= 0.3 is 257 Å². The molecule has 0 aliphatic rings. The molecule has 0 atom stereocenters. The third kappa shape index (κ3) is 4.12. The van der Waals surface area contributed by atoms with Crippen LogP contribution < -0.4 is 5.43 Å². The summed E-state index contributed by atoms with van der Waals surface area (Å²) in [7, 11) is 0. The van der Waals surface area contributed by atoms with Crippen molar-refractivity contribution in [1.29, 1.82) is 0 Å². The van der Waals surface area contributed by atoms with Gasteiger partial charge in [0.1, 0.15) is 0 Å². The van der Waals surface area contributed by atoms with Gasteiger partial charge in [-0.2, -0.15) is 0 Å². The van der Waals surface area contributed by atoms with Crippen molar-refractivity contribution >= 4 is 55.6 Å². The Bertz CT molecular complexity index is 2390. The van der Waals surface area contributed by atoms with E-state index in [-0.39, 0.29) is 19.9 Å². The minimum atomic E-state index is 0.0540. The third-order valence-corrected chi connectivity index (χ3v) is 11.2. The quantitative estimate of drug-likeness (QED) is 0.143. The molecule has 0 spiro atoms. The summed E-state index contributed by atoms with van der Waals surface area (Å²) in [5, 5.41) is 4.25. The average molecular weight is 619 g/mol. The van der Waals surface area contributed by atoms with E-state index in [0.29, 0.717) is 0 Å². The summed E-state index contributed by atoms with van der Waals surface area (Å²) < 4.78 is 4.77. The molecule has 0 aliphatic carbocycles. The Hall–Kier alpha value is -4.69. The van der Waals surface area contributed by atoms with E-state index in [1.807, 2.05) is 24.3 Å². The predicted octanol–water partition coefficient (Wildman–Crippen LogP) is 9.77. The SMILES string of the molecule is Cc1ccc(-c2ccc3c(=O)c4cc(-c5ccccc5)ccc4[se]c3c2)cc1-n1c2c(C)cccc2c2cccc(C)c21. The Morgan fingerprint density at radius 3 is 1.81 bits per heavy atom. The molecule has 3 heteroatoms. The van der Waals surface area contributed by atoms with Crippen molar-refractivity contribution in [3.63, 3.8) is 0 Å². The summed E-state index contributed by atoms with van der Waals surface area (Å²) in [6, 6.07) is 43.1. The number of aromatic nitrogens is 1. The van der Waals surface area contributed by atoms with Gasteiger partial charge in [0.2, 0.25) is 0 Å². The van der Waals surface area contributed by atoms with Crippen molar-refractivity contribution in [2.45, 2.75) is 20.8 Å². The van der Waals surface area contributed by atoms with Crippen molar-refractivity contribution in [3.8, 4) is 27.9 Å². The molecular weight excluding hydrogens is 589 g/mol. The summed E-state index contributed by atoms with van der Waals surface area (Å²) in [5.74, 6) is 0. The van der Waals surface area contributed by atoms with Gasteiger partial charge in [0.25, 0.3) is 0 Å². The molecule has 0 saturated carbocycles. The zero-order valence-corrected chi connectivity index (χ0v) is 26.0. The van der Waals surface area contributed by atoms with Gasteiger partial charge in [-0.25, -0.2) is 0 Å². The summed E-state index contributed by atoms with van der Waals surface area (Å²) >= 11 is 0.0540. The Morgan fingerprint density at radius 2 is 1.09 bits per heavy atom. The van der Waals surface area contributed by atoms with Gasteiger partial charge in [0.05, 0.1) is 0 Å². The molecule has 6 aromatic carbocycles. The predicted molar refractivity (Wildman–Crippen MR) is 184 cm³/mol. The fraction of sp³-hybridized carbons (Fsp3) is 0.0750. The van der Waals surface area contributed by atoms with E-state index in [9.17, 15) is 4.79 Å². The molecule has 0 amide bonds. The van der Waals surface area contributed by atoms with Crippen LogP contribution in [0.4, 0.5) is 0 Å². The summed E-state index contributed by atoms with van der Waals surface area (Å²) in [4.78, 5) is 13.7. The molecule has 0 N–H and O–H groups in total. The summed E-state index contributed by atoms with van der Waals surface area (Å²) in [5.41, 5.74) is 12.1. The van der Waals surface area contributed by atoms with Gasteiger partial charge in [0.15, 0.2) is 0 Å². The standard InChI is InChI=1S/C40H29NOSe/c1-24-15-16-29(22-35(24)41-38-25(2)9-7-13-31(38)32-14-8-10-26(3)39(32)41)30-17-19-33-37(23-30)43-36-20-18-28(21-34(36)40(33)42)27-11-5-4-6-12-27/h4-23H,1-3H3. The van der Waals surface area contributed by atoms with E-state index in [1.165, 1.54) is 44.2 Å². The molecule has 0 bridgehead atoms. The second-order valence-corrected chi connectivity index (χ2v) is 13.8. The first-order valence-electron chi connectivity index (χ1n) is 14.6. The Balaban J connectivity index is 1.30. The van der Waals surface area contributed by atoms with E-state index in [1.54, 1.807) is 0 Å². The van der Waals surface area contributed by atoms with Crippen molar-refractivity contribution in [2.24, 2.45) is 0 Å². The Morgan fingerprint density at radius 1 is 0.465 bits per heavy atom. The van der Waals surface area contributed by atoms with Gasteiger partial charge in [-0.05, 0) is 0 Å². The van der Waals surface area contributed by atoms with Crippen LogP contribution in [0.2, 0.25) is 0 Å². The maximum absolute atomic E-state index is 13.7. The van der Waals surface area contributed by atoms with Crippen molar-refractivity contribution in [1.82, 2.24) is 4.57 Å². The van der Waals surface area contributed by atoms with Crippen LogP contribution in [-0.2, 0) is 0 Å². The third-order valence-electron chi connectivity index (χ3n) is 8.77. The van der Waals surface area contributed by atoms with E-state index < -0.39 is 0 Å². The fourth-order valence-corrected chi connectivity index (χ4v) is 8.86. The second-order valence-electron chi connectivity index (χ2n) is 11.5. The molecule has 2 heterocycles. The molecule has 2 aromatic heterocycles. The molecule has 0 saturated heterocycles. The van der Waals surface area contributed by atoms with E-state index in [4.69, 9.17) is 0 Å². The van der Waals surface area contributed by atoms with Crippen molar-refractivity contribution in [3.05, 3.63) is 148 Å². The maximum atomic E-state index is 13.7. The molecular formula is C40H29NOSe. The molecule has 2 nitrogen and oxygen atoms in total. The Labute approximate surface area is 256 Å². The normalized spacial score (nSPS) is 11.7. The molecule has 8 aromatic rings. The second kappa shape index (κ2) is 9.95. The zero-order chi connectivity index (χ0) is 29.2. The van der Waals surface area contributed by atoms with Crippen LogP contribution in [0, 0.1) is 20.8 Å². The molecule has 0 radical (unpaired) electrons. The van der Waals surface area contributed by atoms with Crippen LogP contribution in [0.1, 0.15) is 16.7 Å². The number of nitrogens with zero attached hydrogens (tertiary/aromatic N) is 1. The monoisotopic (exact) mass is 619 g/mol. The summed E-state index contributed by atoms with van der Waals surface area (Å²) in [6.45, 7) is 6.60. The Kier molecular flexibility index (Phi) is 6.01. The summed E-state index contributed by atoms with van der Waals surface area (Å²) in [6.07, 6.45) is 0. The molecule has 0 aliphatic heterocycles. The number of para-hydroxylation sites is 2. The minimum absolute atomic E-state index is 0.0540. The number of fused-ring (bicyclic) bond motifs is 5. The number of rotatable bonds is 3. The number of hydrogen-bond acceptors (Lipinski definition) is 1. The van der Waals surface area contributed by atoms with Gasteiger partial charge in [0, 0.05) is 0 Å². The van der Waals surface area contributed by atoms with Crippen molar-refractivity contribution < 1.29 is 0 Å². The molecule has 43 heavy (non-hydrogen) atoms.